The van der Waals surface area contributed by atoms with Crippen molar-refractivity contribution in [2.24, 2.45) is 5.92 Å². The zero-order chi connectivity index (χ0) is 15.4. The van der Waals surface area contributed by atoms with Crippen molar-refractivity contribution >= 4 is 16.9 Å². The Hall–Kier alpha value is -1.85. The minimum absolute atomic E-state index is 0.0398. The first-order valence-corrected chi connectivity index (χ1v) is 7.11. The van der Waals surface area contributed by atoms with Gasteiger partial charge >= 0.3 is 5.97 Å². The van der Waals surface area contributed by atoms with Crippen LogP contribution >= 0.6 is 0 Å². The Bertz CT molecular complexity index is 618. The summed E-state index contributed by atoms with van der Waals surface area (Å²) in [5.74, 6) is -0.695. The molecule has 1 aromatic carbocycles. The van der Waals surface area contributed by atoms with Gasteiger partial charge in [0.15, 0.2) is 0 Å². The number of nitrogens with one attached hydrogen (secondary N) is 1. The number of para-hydroxylation sites is 1. The van der Waals surface area contributed by atoms with Gasteiger partial charge in [0, 0.05) is 24.0 Å². The number of furan rings is 1. The number of rotatable bonds is 7. The number of hydrogen-bond donors (Lipinski definition) is 3. The third-order valence-corrected chi connectivity index (χ3v) is 3.32. The number of fused-ring (bicyclic) bond motifs is 1. The zero-order valence-electron chi connectivity index (χ0n) is 12.3. The van der Waals surface area contributed by atoms with Crippen molar-refractivity contribution in [2.75, 3.05) is 6.54 Å². The van der Waals surface area contributed by atoms with E-state index in [4.69, 9.17) is 4.42 Å². The van der Waals surface area contributed by atoms with E-state index >= 15 is 0 Å². The molecule has 0 bridgehead atoms. The van der Waals surface area contributed by atoms with E-state index in [1.54, 1.807) is 12.1 Å². The van der Waals surface area contributed by atoms with Gasteiger partial charge < -0.3 is 19.9 Å². The standard InChI is InChI=1S/C16H21NO4/c1-10(2)7-11(18)8-17-9-13-12-5-3-4-6-14(12)21-15(13)16(19)20/h3-6,10-11,17-18H,7-9H2,1-2H3,(H,19,20). The summed E-state index contributed by atoms with van der Waals surface area (Å²) in [5.41, 5.74) is 1.18. The molecule has 0 saturated carbocycles. The first-order chi connectivity index (χ1) is 9.99. The van der Waals surface area contributed by atoms with Crippen molar-refractivity contribution in [1.29, 1.82) is 0 Å². The molecule has 1 aromatic heterocycles. The van der Waals surface area contributed by atoms with E-state index in [2.05, 4.69) is 19.2 Å². The third kappa shape index (κ3) is 3.83. The van der Waals surface area contributed by atoms with E-state index in [1.807, 2.05) is 12.1 Å². The van der Waals surface area contributed by atoms with Crippen molar-refractivity contribution in [1.82, 2.24) is 5.32 Å². The van der Waals surface area contributed by atoms with Gasteiger partial charge in [-0.1, -0.05) is 32.0 Å². The molecule has 21 heavy (non-hydrogen) atoms. The quantitative estimate of drug-likeness (QED) is 0.730. The normalized spacial score (nSPS) is 13.0. The van der Waals surface area contributed by atoms with Crippen molar-refractivity contribution < 1.29 is 19.4 Å². The second kappa shape index (κ2) is 6.74. The minimum Gasteiger partial charge on any atom is -0.475 e. The summed E-state index contributed by atoms with van der Waals surface area (Å²) in [6.07, 6.45) is 0.279. The molecule has 5 heteroatoms. The van der Waals surface area contributed by atoms with Crippen LogP contribution in [0.4, 0.5) is 0 Å². The van der Waals surface area contributed by atoms with E-state index in [-0.39, 0.29) is 5.76 Å². The van der Waals surface area contributed by atoms with Crippen LogP contribution in [0.15, 0.2) is 28.7 Å². The van der Waals surface area contributed by atoms with E-state index < -0.39 is 12.1 Å². The molecular formula is C16H21NO4. The number of aliphatic hydroxyl groups is 1. The molecule has 2 rings (SSSR count). The predicted octanol–water partition coefficient (Wildman–Crippen LogP) is 2.63. The second-order valence-corrected chi connectivity index (χ2v) is 5.63. The fourth-order valence-corrected chi connectivity index (χ4v) is 2.44. The Morgan fingerprint density at radius 2 is 2.05 bits per heavy atom. The zero-order valence-corrected chi connectivity index (χ0v) is 12.3. The van der Waals surface area contributed by atoms with Crippen LogP contribution < -0.4 is 5.32 Å². The largest absolute Gasteiger partial charge is 0.475 e. The maximum Gasteiger partial charge on any atom is 0.372 e. The molecular weight excluding hydrogens is 270 g/mol. The van der Waals surface area contributed by atoms with Crippen LogP contribution in [0.25, 0.3) is 11.0 Å². The molecule has 0 aliphatic heterocycles. The lowest BCUT2D eigenvalue weighted by molar-refractivity contribution is 0.0663. The van der Waals surface area contributed by atoms with Crippen LogP contribution in [-0.4, -0.2) is 28.8 Å². The summed E-state index contributed by atoms with van der Waals surface area (Å²) in [5, 5.41) is 23.0. The molecule has 1 atom stereocenters. The second-order valence-electron chi connectivity index (χ2n) is 5.63. The number of hydrogen-bond acceptors (Lipinski definition) is 4. The van der Waals surface area contributed by atoms with Gasteiger partial charge in [-0.05, 0) is 18.4 Å². The van der Waals surface area contributed by atoms with Crippen LogP contribution in [0.5, 0.6) is 0 Å². The highest BCUT2D eigenvalue weighted by Gasteiger charge is 2.19. The molecule has 0 aliphatic rings. The fraction of sp³-hybridized carbons (Fsp3) is 0.438. The lowest BCUT2D eigenvalue weighted by Crippen LogP contribution is -2.27. The molecule has 0 fully saturated rings. The van der Waals surface area contributed by atoms with Gasteiger partial charge in [0.1, 0.15) is 5.58 Å². The first kappa shape index (κ1) is 15.5. The Morgan fingerprint density at radius 3 is 2.71 bits per heavy atom. The Labute approximate surface area is 123 Å². The molecule has 5 nitrogen and oxygen atoms in total. The highest BCUT2D eigenvalue weighted by molar-refractivity contribution is 5.95. The van der Waals surface area contributed by atoms with Gasteiger partial charge in [-0.2, -0.15) is 0 Å². The van der Waals surface area contributed by atoms with E-state index in [1.165, 1.54) is 0 Å². The molecule has 0 aliphatic carbocycles. The molecule has 114 valence electrons. The average Bonchev–Trinajstić information content (AvgIpc) is 2.77. The van der Waals surface area contributed by atoms with Gasteiger partial charge in [-0.15, -0.1) is 0 Å². The van der Waals surface area contributed by atoms with Gasteiger partial charge in [-0.25, -0.2) is 4.79 Å². The summed E-state index contributed by atoms with van der Waals surface area (Å²) < 4.78 is 5.38. The minimum atomic E-state index is -1.08. The lowest BCUT2D eigenvalue weighted by Gasteiger charge is -2.13. The molecule has 0 spiro atoms. The van der Waals surface area contributed by atoms with Crippen molar-refractivity contribution in [2.45, 2.75) is 32.9 Å². The summed E-state index contributed by atoms with van der Waals surface area (Å²) >= 11 is 0. The number of carboxylic acid groups (broad SMARTS) is 1. The van der Waals surface area contributed by atoms with E-state index in [0.29, 0.717) is 36.6 Å². The highest BCUT2D eigenvalue weighted by Crippen LogP contribution is 2.25. The molecule has 0 saturated heterocycles. The van der Waals surface area contributed by atoms with Crippen LogP contribution in [-0.2, 0) is 6.54 Å². The van der Waals surface area contributed by atoms with Gasteiger partial charge in [0.25, 0.3) is 0 Å². The Kier molecular flexibility index (Phi) is 4.98. The maximum atomic E-state index is 11.3. The summed E-state index contributed by atoms with van der Waals surface area (Å²) in [7, 11) is 0. The summed E-state index contributed by atoms with van der Waals surface area (Å²) in [6, 6.07) is 7.24. The molecule has 1 heterocycles. The Morgan fingerprint density at radius 1 is 1.33 bits per heavy atom. The third-order valence-electron chi connectivity index (χ3n) is 3.32. The van der Waals surface area contributed by atoms with Crippen molar-refractivity contribution in [3.8, 4) is 0 Å². The topological polar surface area (TPSA) is 82.7 Å². The number of carbonyl (C=O) groups is 1. The fourth-order valence-electron chi connectivity index (χ4n) is 2.44. The van der Waals surface area contributed by atoms with Crippen molar-refractivity contribution in [3.05, 3.63) is 35.6 Å². The van der Waals surface area contributed by atoms with Crippen molar-refractivity contribution in [3.63, 3.8) is 0 Å². The van der Waals surface area contributed by atoms with Gasteiger partial charge in [0.05, 0.1) is 6.10 Å². The van der Waals surface area contributed by atoms with Crippen LogP contribution in [0, 0.1) is 5.92 Å². The SMILES string of the molecule is CC(C)CC(O)CNCc1c(C(=O)O)oc2ccccc12. The van der Waals surface area contributed by atoms with Gasteiger partial charge in [0.2, 0.25) is 5.76 Å². The molecule has 1 unspecified atom stereocenters. The van der Waals surface area contributed by atoms with Gasteiger partial charge in [-0.3, -0.25) is 0 Å². The molecule has 2 aromatic rings. The molecule has 0 amide bonds. The first-order valence-electron chi connectivity index (χ1n) is 7.11. The highest BCUT2D eigenvalue weighted by atomic mass is 16.4. The summed E-state index contributed by atoms with van der Waals surface area (Å²) in [6.45, 7) is 4.88. The smallest absolute Gasteiger partial charge is 0.372 e. The monoisotopic (exact) mass is 291 g/mol. The average molecular weight is 291 g/mol. The number of aromatic carboxylic acids is 1. The van der Waals surface area contributed by atoms with Crippen LogP contribution in [0.2, 0.25) is 0 Å². The van der Waals surface area contributed by atoms with Crippen LogP contribution in [0.1, 0.15) is 36.4 Å². The number of benzene rings is 1. The number of carboxylic acids is 1. The maximum absolute atomic E-state index is 11.3. The number of aliphatic hydroxyl groups excluding tert-OH is 1. The molecule has 3 N–H and O–H groups in total. The lowest BCUT2D eigenvalue weighted by atomic mass is 10.1. The van der Waals surface area contributed by atoms with Crippen LogP contribution in [0.3, 0.4) is 0 Å². The van der Waals surface area contributed by atoms with E-state index in [0.717, 1.165) is 5.39 Å². The Balaban J connectivity index is 2.10. The predicted molar refractivity (Wildman–Crippen MR) is 80.3 cm³/mol. The van der Waals surface area contributed by atoms with E-state index in [9.17, 15) is 15.0 Å². The molecule has 0 radical (unpaired) electrons. The summed E-state index contributed by atoms with van der Waals surface area (Å²) in [4.78, 5) is 11.3.